The molecule has 1 aliphatic heterocycles. The van der Waals surface area contributed by atoms with Gasteiger partial charge in [0.05, 0.1) is 18.6 Å². The van der Waals surface area contributed by atoms with Crippen LogP contribution < -0.4 is 10.1 Å². The number of rotatable bonds is 6. The molecular formula is C19H23NO3S. The Hall–Kier alpha value is -1.85. The van der Waals surface area contributed by atoms with Crippen LogP contribution >= 0.6 is 0 Å². The highest BCUT2D eigenvalue weighted by molar-refractivity contribution is 7.91. The molecule has 1 unspecified atom stereocenters. The summed E-state index contributed by atoms with van der Waals surface area (Å²) in [5, 5.41) is 3.37. The smallest absolute Gasteiger partial charge is 0.150 e. The third-order valence-electron chi connectivity index (χ3n) is 4.47. The van der Waals surface area contributed by atoms with Gasteiger partial charge in [-0.1, -0.05) is 42.5 Å². The number of hydrogen-bond donors (Lipinski definition) is 1. The van der Waals surface area contributed by atoms with E-state index in [-0.39, 0.29) is 5.92 Å². The maximum absolute atomic E-state index is 11.5. The molecule has 0 bridgehead atoms. The Bertz CT molecular complexity index is 788. The highest BCUT2D eigenvalue weighted by Crippen LogP contribution is 2.27. The fraction of sp³-hybridized carbons (Fsp3) is 0.368. The minimum atomic E-state index is -2.80. The van der Waals surface area contributed by atoms with Gasteiger partial charge in [0.1, 0.15) is 5.75 Å². The van der Waals surface area contributed by atoms with E-state index in [0.717, 1.165) is 35.4 Å². The topological polar surface area (TPSA) is 55.4 Å². The van der Waals surface area contributed by atoms with Crippen molar-refractivity contribution in [2.75, 3.05) is 25.2 Å². The van der Waals surface area contributed by atoms with Gasteiger partial charge in [-0.05, 0) is 36.1 Å². The largest absolute Gasteiger partial charge is 0.496 e. The van der Waals surface area contributed by atoms with Crippen molar-refractivity contribution in [3.63, 3.8) is 0 Å². The van der Waals surface area contributed by atoms with Crippen molar-refractivity contribution < 1.29 is 13.2 Å². The Balaban J connectivity index is 1.63. The van der Waals surface area contributed by atoms with Crippen LogP contribution in [0.1, 0.15) is 12.0 Å². The molecule has 1 heterocycles. The van der Waals surface area contributed by atoms with Crippen LogP contribution in [-0.4, -0.2) is 33.6 Å². The summed E-state index contributed by atoms with van der Waals surface area (Å²) in [6, 6.07) is 16.4. The molecule has 1 fully saturated rings. The van der Waals surface area contributed by atoms with Gasteiger partial charge < -0.3 is 10.1 Å². The highest BCUT2D eigenvalue weighted by Gasteiger charge is 2.27. The lowest BCUT2D eigenvalue weighted by Crippen LogP contribution is -2.23. The molecule has 0 amide bonds. The van der Waals surface area contributed by atoms with Crippen molar-refractivity contribution in [2.24, 2.45) is 5.92 Å². The summed E-state index contributed by atoms with van der Waals surface area (Å²) in [5.41, 5.74) is 3.36. The molecule has 1 N–H and O–H groups in total. The molecule has 0 saturated carbocycles. The lowest BCUT2D eigenvalue weighted by molar-refractivity contribution is 0.406. The first-order chi connectivity index (χ1) is 11.6. The van der Waals surface area contributed by atoms with Crippen molar-refractivity contribution in [2.45, 2.75) is 13.0 Å². The van der Waals surface area contributed by atoms with Crippen molar-refractivity contribution in [3.8, 4) is 16.9 Å². The zero-order chi connectivity index (χ0) is 17.0. The molecule has 1 saturated heterocycles. The summed E-state index contributed by atoms with van der Waals surface area (Å²) in [5.74, 6) is 1.71. The lowest BCUT2D eigenvalue weighted by atomic mass is 10.0. The monoisotopic (exact) mass is 345 g/mol. The van der Waals surface area contributed by atoms with Gasteiger partial charge in [-0.25, -0.2) is 8.42 Å². The third-order valence-corrected chi connectivity index (χ3v) is 6.31. The molecule has 2 aromatic rings. The average molecular weight is 345 g/mol. The maximum Gasteiger partial charge on any atom is 0.150 e. The first-order valence-corrected chi connectivity index (χ1v) is 10.0. The predicted molar refractivity (Wildman–Crippen MR) is 96.9 cm³/mol. The van der Waals surface area contributed by atoms with Crippen LogP contribution in [0.3, 0.4) is 0 Å². The molecule has 5 heteroatoms. The molecule has 0 aliphatic carbocycles. The first kappa shape index (κ1) is 17.0. The van der Waals surface area contributed by atoms with Crippen molar-refractivity contribution >= 4 is 9.84 Å². The van der Waals surface area contributed by atoms with Gasteiger partial charge in [-0.15, -0.1) is 0 Å². The summed E-state index contributed by atoms with van der Waals surface area (Å²) < 4.78 is 28.5. The second-order valence-electron chi connectivity index (χ2n) is 6.29. The van der Waals surface area contributed by atoms with E-state index in [1.165, 1.54) is 0 Å². The average Bonchev–Trinajstić information content (AvgIpc) is 2.95. The van der Waals surface area contributed by atoms with E-state index in [9.17, 15) is 8.42 Å². The van der Waals surface area contributed by atoms with Crippen LogP contribution in [0.4, 0.5) is 0 Å². The van der Waals surface area contributed by atoms with Crippen LogP contribution in [0, 0.1) is 5.92 Å². The fourth-order valence-corrected chi connectivity index (χ4v) is 5.01. The zero-order valence-corrected chi connectivity index (χ0v) is 14.7. The lowest BCUT2D eigenvalue weighted by Gasteiger charge is -2.13. The van der Waals surface area contributed by atoms with Crippen molar-refractivity contribution in [1.82, 2.24) is 5.32 Å². The summed E-state index contributed by atoms with van der Waals surface area (Å²) in [7, 11) is -1.13. The molecule has 128 valence electrons. The Labute approximate surface area is 143 Å². The van der Waals surface area contributed by atoms with E-state index in [0.29, 0.717) is 18.1 Å². The van der Waals surface area contributed by atoms with Crippen LogP contribution in [-0.2, 0) is 16.4 Å². The van der Waals surface area contributed by atoms with E-state index < -0.39 is 9.84 Å². The molecule has 1 aliphatic rings. The third kappa shape index (κ3) is 4.16. The summed E-state index contributed by atoms with van der Waals surface area (Å²) in [4.78, 5) is 0. The molecule has 0 radical (unpaired) electrons. The normalized spacial score (nSPS) is 19.3. The van der Waals surface area contributed by atoms with Crippen LogP contribution in [0.5, 0.6) is 5.75 Å². The number of hydrogen-bond acceptors (Lipinski definition) is 4. The van der Waals surface area contributed by atoms with Gasteiger partial charge >= 0.3 is 0 Å². The predicted octanol–water partition coefficient (Wildman–Crippen LogP) is 2.89. The van der Waals surface area contributed by atoms with Gasteiger partial charge in [0.25, 0.3) is 0 Å². The molecular weight excluding hydrogens is 322 g/mol. The van der Waals surface area contributed by atoms with Gasteiger partial charge in [0, 0.05) is 12.1 Å². The molecule has 2 aromatic carbocycles. The molecule has 0 aromatic heterocycles. The Morgan fingerprint density at radius 1 is 1.12 bits per heavy atom. The summed E-state index contributed by atoms with van der Waals surface area (Å²) >= 11 is 0. The fourth-order valence-electron chi connectivity index (χ4n) is 3.14. The van der Waals surface area contributed by atoms with Gasteiger partial charge in [-0.2, -0.15) is 0 Å². The van der Waals surface area contributed by atoms with E-state index in [2.05, 4.69) is 29.6 Å². The second-order valence-corrected chi connectivity index (χ2v) is 8.52. The van der Waals surface area contributed by atoms with Crippen LogP contribution in [0.2, 0.25) is 0 Å². The van der Waals surface area contributed by atoms with E-state index in [1.54, 1.807) is 7.11 Å². The molecule has 0 spiro atoms. The van der Waals surface area contributed by atoms with Crippen molar-refractivity contribution in [1.29, 1.82) is 0 Å². The standard InChI is InChI=1S/C19H23NO3S/c1-23-19-11-17(16-5-3-2-4-6-16)7-8-18(19)13-20-12-15-9-10-24(21,22)14-15/h2-8,11,15,20H,9-10,12-14H2,1H3. The quantitative estimate of drug-likeness (QED) is 0.875. The second kappa shape index (κ2) is 7.36. The highest BCUT2D eigenvalue weighted by atomic mass is 32.2. The van der Waals surface area contributed by atoms with E-state index in [1.807, 2.05) is 24.3 Å². The van der Waals surface area contributed by atoms with E-state index in [4.69, 9.17) is 4.74 Å². The number of nitrogens with one attached hydrogen (secondary N) is 1. The number of ether oxygens (including phenoxy) is 1. The van der Waals surface area contributed by atoms with Gasteiger partial charge in [0.15, 0.2) is 9.84 Å². The SMILES string of the molecule is COc1cc(-c2ccccc2)ccc1CNCC1CCS(=O)(=O)C1. The van der Waals surface area contributed by atoms with Gasteiger partial charge in [-0.3, -0.25) is 0 Å². The first-order valence-electron chi connectivity index (χ1n) is 8.21. The number of sulfone groups is 1. The Morgan fingerprint density at radius 2 is 1.92 bits per heavy atom. The molecule has 1 atom stereocenters. The van der Waals surface area contributed by atoms with Crippen LogP contribution in [0.15, 0.2) is 48.5 Å². The minimum Gasteiger partial charge on any atom is -0.496 e. The van der Waals surface area contributed by atoms with Crippen LogP contribution in [0.25, 0.3) is 11.1 Å². The Kier molecular flexibility index (Phi) is 5.21. The molecule has 4 nitrogen and oxygen atoms in total. The summed E-state index contributed by atoms with van der Waals surface area (Å²) in [6.45, 7) is 1.40. The Morgan fingerprint density at radius 3 is 2.58 bits per heavy atom. The number of benzene rings is 2. The molecule has 24 heavy (non-hydrogen) atoms. The maximum atomic E-state index is 11.5. The van der Waals surface area contributed by atoms with Gasteiger partial charge in [0.2, 0.25) is 0 Å². The minimum absolute atomic E-state index is 0.226. The van der Waals surface area contributed by atoms with E-state index >= 15 is 0 Å². The molecule has 3 rings (SSSR count). The van der Waals surface area contributed by atoms with Crippen molar-refractivity contribution in [3.05, 3.63) is 54.1 Å². The summed E-state index contributed by atoms with van der Waals surface area (Å²) in [6.07, 6.45) is 0.763. The zero-order valence-electron chi connectivity index (χ0n) is 13.9. The number of methoxy groups -OCH3 is 1.